The second kappa shape index (κ2) is 11.1. The number of H-pyrrole nitrogens is 1. The molecule has 2 heterocycles. The van der Waals surface area contributed by atoms with Gasteiger partial charge in [0.05, 0.1) is 12.6 Å². The Morgan fingerprint density at radius 1 is 1.13 bits per heavy atom. The van der Waals surface area contributed by atoms with Crippen LogP contribution in [0.1, 0.15) is 70.8 Å². The van der Waals surface area contributed by atoms with Crippen molar-refractivity contribution in [3.63, 3.8) is 0 Å². The number of halogens is 3. The minimum atomic E-state index is -1.57. The average molecular weight is 546 g/mol. The first-order valence-corrected chi connectivity index (χ1v) is 13.4. The topological polar surface area (TPSA) is 66.6 Å². The van der Waals surface area contributed by atoms with Crippen LogP contribution in [0.2, 0.25) is 0 Å². The Balaban J connectivity index is 1.57. The summed E-state index contributed by atoms with van der Waals surface area (Å²) in [4.78, 5) is 17.0. The molecule has 0 radical (unpaired) electrons. The molecule has 0 bridgehead atoms. The van der Waals surface area contributed by atoms with E-state index in [1.165, 1.54) is 26.0 Å². The molecule has 39 heavy (non-hydrogen) atoms. The summed E-state index contributed by atoms with van der Waals surface area (Å²) in [6, 6.07) is 9.11. The van der Waals surface area contributed by atoms with Crippen molar-refractivity contribution in [1.82, 2.24) is 15.2 Å². The quantitative estimate of drug-likeness (QED) is 0.305. The van der Waals surface area contributed by atoms with Crippen LogP contribution in [0.3, 0.4) is 0 Å². The van der Waals surface area contributed by atoms with Gasteiger partial charge in [-0.3, -0.25) is 4.90 Å². The van der Waals surface area contributed by atoms with Gasteiger partial charge >= 0.3 is 6.09 Å². The summed E-state index contributed by atoms with van der Waals surface area (Å²) >= 11 is 0. The number of alkyl halides is 1. The molecule has 0 unspecified atom stereocenters. The van der Waals surface area contributed by atoms with Crippen molar-refractivity contribution in [1.29, 1.82) is 0 Å². The lowest BCUT2D eigenvalue weighted by molar-refractivity contribution is 0.0525. The minimum absolute atomic E-state index is 0.00934. The molecule has 212 valence electrons. The number of benzene rings is 2. The maximum absolute atomic E-state index is 15.7. The maximum Gasteiger partial charge on any atom is 0.407 e. The molecule has 1 aliphatic rings. The van der Waals surface area contributed by atoms with Crippen molar-refractivity contribution in [2.24, 2.45) is 0 Å². The number of alkyl carbamates (subject to hydrolysis) is 1. The number of carbonyl (C=O) groups excluding carboxylic acids is 1. The van der Waals surface area contributed by atoms with Gasteiger partial charge in [-0.1, -0.05) is 18.2 Å². The zero-order valence-electron chi connectivity index (χ0n) is 23.5. The van der Waals surface area contributed by atoms with Gasteiger partial charge in [-0.05, 0) is 66.0 Å². The number of hydrogen-bond acceptors (Lipinski definition) is 4. The van der Waals surface area contributed by atoms with E-state index >= 15 is 8.78 Å². The van der Waals surface area contributed by atoms with Crippen molar-refractivity contribution >= 4 is 17.0 Å². The van der Waals surface area contributed by atoms with E-state index in [9.17, 15) is 9.18 Å². The first-order valence-electron chi connectivity index (χ1n) is 13.4. The van der Waals surface area contributed by atoms with E-state index in [0.29, 0.717) is 18.5 Å². The van der Waals surface area contributed by atoms with Gasteiger partial charge in [-0.2, -0.15) is 0 Å². The number of hydrogen-bond donors (Lipinski definition) is 2. The van der Waals surface area contributed by atoms with Crippen LogP contribution in [0.4, 0.5) is 18.0 Å². The summed E-state index contributed by atoms with van der Waals surface area (Å²) in [5, 5.41) is 3.62. The van der Waals surface area contributed by atoms with E-state index in [4.69, 9.17) is 9.47 Å². The first-order chi connectivity index (χ1) is 18.2. The van der Waals surface area contributed by atoms with Gasteiger partial charge in [0, 0.05) is 53.4 Å². The summed E-state index contributed by atoms with van der Waals surface area (Å²) in [5.74, 6) is -1.48. The Morgan fingerprint density at radius 2 is 1.79 bits per heavy atom. The molecular formula is C30H38F3N3O3. The Labute approximate surface area is 227 Å². The van der Waals surface area contributed by atoms with Crippen LogP contribution in [0.15, 0.2) is 36.4 Å². The Bertz CT molecular complexity index is 1300. The number of para-hydroxylation sites is 1. The third-order valence-electron chi connectivity index (χ3n) is 6.66. The molecule has 0 spiro atoms. The molecule has 9 heteroatoms. The molecule has 3 aromatic rings. The monoisotopic (exact) mass is 545 g/mol. The molecule has 6 nitrogen and oxygen atoms in total. The third kappa shape index (κ3) is 6.87. The minimum Gasteiger partial charge on any atom is -0.493 e. The predicted octanol–water partition coefficient (Wildman–Crippen LogP) is 6.82. The summed E-state index contributed by atoms with van der Waals surface area (Å²) in [7, 11) is 0. The summed E-state index contributed by atoms with van der Waals surface area (Å²) in [6.45, 7) is 10.7. The molecule has 1 aliphatic heterocycles. The van der Waals surface area contributed by atoms with Gasteiger partial charge < -0.3 is 19.8 Å². The maximum atomic E-state index is 15.7. The summed E-state index contributed by atoms with van der Waals surface area (Å²) in [5.41, 5.74) is 0.237. The number of amides is 1. The van der Waals surface area contributed by atoms with Crippen LogP contribution in [0.25, 0.3) is 10.9 Å². The predicted molar refractivity (Wildman–Crippen MR) is 146 cm³/mol. The van der Waals surface area contributed by atoms with Gasteiger partial charge in [-0.25, -0.2) is 18.0 Å². The van der Waals surface area contributed by atoms with Crippen molar-refractivity contribution in [2.45, 2.75) is 77.7 Å². The molecule has 1 amide bonds. The van der Waals surface area contributed by atoms with E-state index in [1.807, 2.05) is 36.1 Å². The second-order valence-corrected chi connectivity index (χ2v) is 11.8. The number of rotatable bonds is 8. The second-order valence-electron chi connectivity index (χ2n) is 11.8. The molecule has 2 aromatic carbocycles. The Hall–Kier alpha value is -3.20. The van der Waals surface area contributed by atoms with E-state index in [1.54, 1.807) is 20.8 Å². The fourth-order valence-corrected chi connectivity index (χ4v) is 5.17. The summed E-state index contributed by atoms with van der Waals surface area (Å²) in [6.07, 6.45) is 0.513. The molecule has 2 N–H and O–H groups in total. The van der Waals surface area contributed by atoms with Crippen molar-refractivity contribution in [3.05, 3.63) is 64.9 Å². The fourth-order valence-electron chi connectivity index (χ4n) is 5.17. The highest BCUT2D eigenvalue weighted by molar-refractivity contribution is 5.85. The van der Waals surface area contributed by atoms with E-state index in [2.05, 4.69) is 10.3 Å². The van der Waals surface area contributed by atoms with Crippen LogP contribution in [0.5, 0.6) is 5.75 Å². The first kappa shape index (κ1) is 28.8. The normalized spacial score (nSPS) is 18.2. The highest BCUT2D eigenvalue weighted by atomic mass is 19.1. The van der Waals surface area contributed by atoms with Crippen LogP contribution >= 0.6 is 0 Å². The lowest BCUT2D eigenvalue weighted by atomic mass is 9.87. The Morgan fingerprint density at radius 3 is 2.44 bits per heavy atom. The molecule has 1 aromatic heterocycles. The van der Waals surface area contributed by atoms with Crippen LogP contribution in [-0.2, 0) is 11.2 Å². The van der Waals surface area contributed by atoms with Crippen molar-refractivity contribution in [3.8, 4) is 5.75 Å². The lowest BCUT2D eigenvalue weighted by Gasteiger charge is -2.43. The van der Waals surface area contributed by atoms with Crippen molar-refractivity contribution in [2.75, 3.05) is 19.7 Å². The van der Waals surface area contributed by atoms with Gasteiger partial charge in [0.1, 0.15) is 28.7 Å². The number of aromatic nitrogens is 1. The molecular weight excluding hydrogens is 507 g/mol. The molecule has 0 fully saturated rings. The fraction of sp³-hybridized carbons (Fsp3) is 0.500. The van der Waals surface area contributed by atoms with E-state index in [0.717, 1.165) is 16.5 Å². The largest absolute Gasteiger partial charge is 0.493 e. The Kier molecular flexibility index (Phi) is 8.21. The zero-order valence-corrected chi connectivity index (χ0v) is 23.5. The molecule has 2 atom stereocenters. The van der Waals surface area contributed by atoms with Crippen molar-refractivity contribution < 1.29 is 27.4 Å². The van der Waals surface area contributed by atoms with Crippen LogP contribution < -0.4 is 10.1 Å². The smallest absolute Gasteiger partial charge is 0.407 e. The highest BCUT2D eigenvalue weighted by Gasteiger charge is 2.41. The molecule has 0 saturated carbocycles. The number of aromatic amines is 1. The lowest BCUT2D eigenvalue weighted by Crippen LogP contribution is -2.48. The van der Waals surface area contributed by atoms with Gasteiger partial charge in [0.25, 0.3) is 0 Å². The van der Waals surface area contributed by atoms with Crippen LogP contribution in [-0.4, -0.2) is 53.0 Å². The average Bonchev–Trinajstić information content (AvgIpc) is 3.16. The highest BCUT2D eigenvalue weighted by Crippen LogP contribution is 2.43. The van der Waals surface area contributed by atoms with Gasteiger partial charge in [-0.15, -0.1) is 0 Å². The number of nitrogens with one attached hydrogen (secondary N) is 2. The number of ether oxygens (including phenoxy) is 2. The SMILES string of the molecule is C[C@@H]1Cc2c([nH]c3ccccc23)[C@@H](c2c(F)cc(OCCCNC(=O)OC(C)(C)C)cc2F)N1CC(C)(C)F. The van der Waals surface area contributed by atoms with E-state index < -0.39 is 35.0 Å². The standard InChI is InChI=1S/C30H38F3N3O3/c1-18-14-21-20-10-7-8-11-24(20)35-26(21)27(36(18)17-30(5,6)33)25-22(31)15-19(16-23(25)32)38-13-9-12-34-28(37)39-29(2,3)4/h7-8,10-11,15-16,18,27,35H,9,12-14,17H2,1-6H3,(H,34,37)/t18-,27-/m1/s1. The zero-order chi connectivity index (χ0) is 28.5. The van der Waals surface area contributed by atoms with Gasteiger partial charge in [0.2, 0.25) is 0 Å². The third-order valence-corrected chi connectivity index (χ3v) is 6.66. The van der Waals surface area contributed by atoms with Gasteiger partial charge in [0.15, 0.2) is 0 Å². The molecule has 4 rings (SSSR count). The molecule has 0 saturated heterocycles. The number of nitrogens with zero attached hydrogens (tertiary/aromatic N) is 1. The number of carbonyl (C=O) groups is 1. The van der Waals surface area contributed by atoms with E-state index in [-0.39, 0.29) is 37.1 Å². The molecule has 0 aliphatic carbocycles. The summed E-state index contributed by atoms with van der Waals surface area (Å²) < 4.78 is 57.1. The number of fused-ring (bicyclic) bond motifs is 3. The van der Waals surface area contributed by atoms with Crippen LogP contribution in [0, 0.1) is 11.6 Å².